The van der Waals surface area contributed by atoms with Gasteiger partial charge < -0.3 is 9.53 Å². The number of hydrogen-bond acceptors (Lipinski definition) is 4. The lowest BCUT2D eigenvalue weighted by Crippen LogP contribution is -2.46. The predicted octanol–water partition coefficient (Wildman–Crippen LogP) is 7.38. The first-order valence-electron chi connectivity index (χ1n) is 15.4. The topological polar surface area (TPSA) is 35.9 Å². The van der Waals surface area contributed by atoms with Gasteiger partial charge in [-0.3, -0.25) is 9.80 Å². The summed E-state index contributed by atoms with van der Waals surface area (Å²) in [6, 6.07) is 22.6. The van der Waals surface area contributed by atoms with Crippen LogP contribution in [0.2, 0.25) is 18.1 Å². The van der Waals surface area contributed by atoms with Crippen molar-refractivity contribution in [1.29, 1.82) is 0 Å². The van der Waals surface area contributed by atoms with E-state index in [1.54, 1.807) is 0 Å². The fraction of sp³-hybridized carbons (Fsp3) is 0.647. The third kappa shape index (κ3) is 6.54. The minimum Gasteiger partial charge on any atom is -0.415 e. The molecule has 39 heavy (non-hydrogen) atoms. The summed E-state index contributed by atoms with van der Waals surface area (Å²) < 4.78 is 6.56. The van der Waals surface area contributed by atoms with Crippen molar-refractivity contribution in [2.45, 2.75) is 127 Å². The van der Waals surface area contributed by atoms with Crippen molar-refractivity contribution in [3.05, 3.63) is 71.8 Å². The second-order valence-electron chi connectivity index (χ2n) is 14.3. The van der Waals surface area contributed by atoms with E-state index in [0.717, 1.165) is 19.7 Å². The third-order valence-corrected chi connectivity index (χ3v) is 15.2. The van der Waals surface area contributed by atoms with E-state index in [4.69, 9.17) is 4.43 Å². The minimum atomic E-state index is -1.65. The fourth-order valence-corrected chi connectivity index (χ4v) is 7.69. The molecule has 1 N–H and O–H groups in total. The van der Waals surface area contributed by atoms with Gasteiger partial charge in [-0.1, -0.05) is 81.4 Å². The van der Waals surface area contributed by atoms with E-state index in [0.29, 0.717) is 34.8 Å². The van der Waals surface area contributed by atoms with Gasteiger partial charge in [0.2, 0.25) is 0 Å². The molecule has 2 heterocycles. The molecule has 214 valence electrons. The summed E-state index contributed by atoms with van der Waals surface area (Å²) in [6.45, 7) is 15.1. The Balaban J connectivity index is 0.000000168. The van der Waals surface area contributed by atoms with E-state index in [2.05, 4.69) is 104 Å². The van der Waals surface area contributed by atoms with Crippen LogP contribution in [-0.2, 0) is 17.5 Å². The average molecular weight is 549 g/mol. The standard InChI is InChI=1S/C20H33NOSi.C14H19NO/c1-19(2,3)23(4,5)22-16-18-11-12-20(13-14-20)21(18)15-17-9-7-6-8-10-17;16-11-13-6-7-14(8-9-14)15(13)10-12-4-2-1-3-5-12/h6-10,18H,11-16H2,1-5H3;1-5,13,16H,6-11H2/t18-;13-/m00/s1. The fourth-order valence-electron chi connectivity index (χ4n) is 6.65. The first-order chi connectivity index (χ1) is 18.6. The highest BCUT2D eigenvalue weighted by atomic mass is 28.4. The van der Waals surface area contributed by atoms with E-state index in [1.165, 1.54) is 62.5 Å². The first kappa shape index (κ1) is 29.0. The molecule has 2 spiro atoms. The lowest BCUT2D eigenvalue weighted by atomic mass is 10.1. The summed E-state index contributed by atoms with van der Waals surface area (Å²) in [6.07, 6.45) is 10.6. The van der Waals surface area contributed by atoms with Crippen molar-refractivity contribution < 1.29 is 9.53 Å². The number of benzene rings is 2. The number of rotatable bonds is 8. The molecule has 0 aromatic heterocycles. The van der Waals surface area contributed by atoms with Gasteiger partial charge in [0, 0.05) is 42.9 Å². The van der Waals surface area contributed by atoms with Crippen LogP contribution in [0.1, 0.15) is 83.3 Å². The van der Waals surface area contributed by atoms with Gasteiger partial charge in [-0.15, -0.1) is 0 Å². The van der Waals surface area contributed by atoms with Crippen LogP contribution in [0.5, 0.6) is 0 Å². The maximum atomic E-state index is 9.43. The van der Waals surface area contributed by atoms with Crippen LogP contribution in [0.3, 0.4) is 0 Å². The van der Waals surface area contributed by atoms with Crippen molar-refractivity contribution in [2.75, 3.05) is 13.2 Å². The monoisotopic (exact) mass is 548 g/mol. The molecule has 2 aliphatic carbocycles. The van der Waals surface area contributed by atoms with Crippen molar-refractivity contribution >= 4 is 8.32 Å². The highest BCUT2D eigenvalue weighted by Crippen LogP contribution is 2.53. The van der Waals surface area contributed by atoms with Gasteiger partial charge in [-0.25, -0.2) is 0 Å². The molecule has 2 saturated heterocycles. The quantitative estimate of drug-likeness (QED) is 0.349. The zero-order valence-electron chi connectivity index (χ0n) is 25.2. The molecule has 0 unspecified atom stereocenters. The van der Waals surface area contributed by atoms with Crippen LogP contribution in [0.15, 0.2) is 60.7 Å². The molecule has 4 aliphatic rings. The van der Waals surface area contributed by atoms with E-state index in [9.17, 15) is 5.11 Å². The SMILES string of the molecule is CC(C)(C)[Si](C)(C)OC[C@@H]1CCC2(CC2)N1Cc1ccccc1.OC[C@@H]1CCC2(CC2)N1Cc1ccccc1. The molecule has 5 heteroatoms. The predicted molar refractivity (Wildman–Crippen MR) is 164 cm³/mol. The van der Waals surface area contributed by atoms with Gasteiger partial charge in [0.05, 0.1) is 6.61 Å². The van der Waals surface area contributed by atoms with Gasteiger partial charge in [0.25, 0.3) is 0 Å². The smallest absolute Gasteiger partial charge is 0.192 e. The van der Waals surface area contributed by atoms with Crippen LogP contribution in [0.4, 0.5) is 0 Å². The Bertz CT molecular complexity index is 1060. The Labute approximate surface area is 238 Å². The van der Waals surface area contributed by atoms with E-state index in [-0.39, 0.29) is 0 Å². The van der Waals surface area contributed by atoms with E-state index < -0.39 is 8.32 Å². The zero-order chi connectivity index (χ0) is 27.7. The maximum Gasteiger partial charge on any atom is 0.192 e. The van der Waals surface area contributed by atoms with Crippen molar-refractivity contribution in [3.63, 3.8) is 0 Å². The Morgan fingerprint density at radius 2 is 1.18 bits per heavy atom. The Morgan fingerprint density at radius 3 is 1.59 bits per heavy atom. The molecule has 0 bridgehead atoms. The van der Waals surface area contributed by atoms with Crippen LogP contribution in [-0.4, -0.2) is 59.6 Å². The third-order valence-electron chi connectivity index (χ3n) is 10.7. The zero-order valence-corrected chi connectivity index (χ0v) is 26.2. The first-order valence-corrected chi connectivity index (χ1v) is 18.3. The summed E-state index contributed by atoms with van der Waals surface area (Å²) in [4.78, 5) is 5.32. The number of aliphatic hydroxyl groups excluding tert-OH is 1. The molecule has 0 radical (unpaired) electrons. The maximum absolute atomic E-state index is 9.43. The number of likely N-dealkylation sites (tertiary alicyclic amines) is 2. The lowest BCUT2D eigenvalue weighted by molar-refractivity contribution is 0.112. The molecular formula is C34H52N2O2Si. The highest BCUT2D eigenvalue weighted by molar-refractivity contribution is 6.74. The van der Waals surface area contributed by atoms with Crippen LogP contribution >= 0.6 is 0 Å². The average Bonchev–Trinajstić information content (AvgIpc) is 3.81. The summed E-state index contributed by atoms with van der Waals surface area (Å²) >= 11 is 0. The van der Waals surface area contributed by atoms with Crippen LogP contribution in [0.25, 0.3) is 0 Å². The van der Waals surface area contributed by atoms with Gasteiger partial charge in [-0.05, 0) is 80.6 Å². The van der Waals surface area contributed by atoms with Crippen LogP contribution in [0, 0.1) is 0 Å². The van der Waals surface area contributed by atoms with Crippen molar-refractivity contribution in [3.8, 4) is 0 Å². The summed E-state index contributed by atoms with van der Waals surface area (Å²) in [5.41, 5.74) is 3.78. The summed E-state index contributed by atoms with van der Waals surface area (Å²) in [5, 5.41) is 9.73. The minimum absolute atomic E-state index is 0.299. The molecular weight excluding hydrogens is 496 g/mol. The molecule has 2 atom stereocenters. The molecule has 4 nitrogen and oxygen atoms in total. The van der Waals surface area contributed by atoms with Crippen LogP contribution < -0.4 is 0 Å². The molecule has 2 saturated carbocycles. The second kappa shape index (κ2) is 11.4. The number of nitrogens with zero attached hydrogens (tertiary/aromatic N) is 2. The Morgan fingerprint density at radius 1 is 0.744 bits per heavy atom. The highest BCUT2D eigenvalue weighted by Gasteiger charge is 2.55. The normalized spacial score (nSPS) is 25.6. The van der Waals surface area contributed by atoms with Gasteiger partial charge in [-0.2, -0.15) is 0 Å². The number of hydrogen-bond donors (Lipinski definition) is 1. The Kier molecular flexibility index (Phi) is 8.48. The van der Waals surface area contributed by atoms with Crippen molar-refractivity contribution in [1.82, 2.24) is 9.80 Å². The largest absolute Gasteiger partial charge is 0.415 e. The Hall–Kier alpha value is -1.50. The lowest BCUT2D eigenvalue weighted by Gasteiger charge is -2.38. The van der Waals surface area contributed by atoms with E-state index >= 15 is 0 Å². The van der Waals surface area contributed by atoms with E-state index in [1.807, 2.05) is 0 Å². The van der Waals surface area contributed by atoms with Gasteiger partial charge in [0.15, 0.2) is 8.32 Å². The summed E-state index contributed by atoms with van der Waals surface area (Å²) in [7, 11) is -1.65. The second-order valence-corrected chi connectivity index (χ2v) is 19.1. The molecule has 4 fully saturated rings. The molecule has 2 aromatic carbocycles. The molecule has 2 aliphatic heterocycles. The van der Waals surface area contributed by atoms with Gasteiger partial charge in [0.1, 0.15) is 0 Å². The molecule has 2 aromatic rings. The van der Waals surface area contributed by atoms with Crippen molar-refractivity contribution in [2.24, 2.45) is 0 Å². The molecule has 6 rings (SSSR count). The summed E-state index contributed by atoms with van der Waals surface area (Å²) in [5.74, 6) is 0. The molecule has 0 amide bonds. The number of aliphatic hydroxyl groups is 1. The van der Waals surface area contributed by atoms with Gasteiger partial charge >= 0.3 is 0 Å².